The van der Waals surface area contributed by atoms with Crippen molar-refractivity contribution in [2.45, 2.75) is 39.2 Å². The van der Waals surface area contributed by atoms with Crippen LogP contribution in [0.4, 0.5) is 5.82 Å². The van der Waals surface area contributed by atoms with Crippen molar-refractivity contribution in [1.82, 2.24) is 4.98 Å². The highest BCUT2D eigenvalue weighted by Gasteiger charge is 2.31. The highest BCUT2D eigenvalue weighted by Crippen LogP contribution is 2.35. The summed E-state index contributed by atoms with van der Waals surface area (Å²) in [6.07, 6.45) is 5.56. The Morgan fingerprint density at radius 3 is 2.78 bits per heavy atom. The van der Waals surface area contributed by atoms with Crippen LogP contribution in [0.25, 0.3) is 0 Å². The molecule has 98 valence electrons. The molecule has 1 aliphatic carbocycles. The average molecular weight is 263 g/mol. The van der Waals surface area contributed by atoms with Gasteiger partial charge in [-0.3, -0.25) is 0 Å². The molecule has 18 heavy (non-hydrogen) atoms. The fourth-order valence-electron chi connectivity index (χ4n) is 2.84. The Labute approximate surface area is 114 Å². The van der Waals surface area contributed by atoms with E-state index in [-0.39, 0.29) is 0 Å². The predicted octanol–water partition coefficient (Wildman–Crippen LogP) is 2.95. The molecule has 3 nitrogen and oxygen atoms in total. The van der Waals surface area contributed by atoms with E-state index in [0.717, 1.165) is 17.3 Å². The van der Waals surface area contributed by atoms with Crippen molar-refractivity contribution in [3.8, 4) is 0 Å². The second-order valence-corrected chi connectivity index (χ2v) is 5.59. The van der Waals surface area contributed by atoms with Crippen LogP contribution >= 0.6 is 12.2 Å². The second-order valence-electron chi connectivity index (χ2n) is 5.15. The summed E-state index contributed by atoms with van der Waals surface area (Å²) in [5.74, 6) is 2.48. The molecule has 2 rings (SSSR count). The lowest BCUT2D eigenvalue weighted by Gasteiger charge is -2.21. The van der Waals surface area contributed by atoms with Gasteiger partial charge in [-0.25, -0.2) is 4.98 Å². The topological polar surface area (TPSA) is 50.9 Å². The van der Waals surface area contributed by atoms with Crippen molar-refractivity contribution in [1.29, 1.82) is 0 Å². The maximum Gasteiger partial charge on any atom is 0.126 e. The molecule has 0 saturated heterocycles. The molecule has 0 aliphatic heterocycles. The van der Waals surface area contributed by atoms with Gasteiger partial charge in [0.2, 0.25) is 0 Å². The summed E-state index contributed by atoms with van der Waals surface area (Å²) in [5.41, 5.74) is 6.38. The van der Waals surface area contributed by atoms with Crippen LogP contribution in [0.3, 0.4) is 0 Å². The first-order chi connectivity index (χ1) is 8.61. The molecular formula is C14H21N3S. The summed E-state index contributed by atoms with van der Waals surface area (Å²) in [5, 5.41) is 3.53. The number of nitrogens with zero attached hydrogens (tertiary/aromatic N) is 1. The lowest BCUT2D eigenvalue weighted by Crippen LogP contribution is -2.25. The van der Waals surface area contributed by atoms with E-state index in [1.165, 1.54) is 19.3 Å². The highest BCUT2D eigenvalue weighted by atomic mass is 32.1. The maximum atomic E-state index is 5.56. The Kier molecular flexibility index (Phi) is 4.17. The smallest absolute Gasteiger partial charge is 0.126 e. The summed E-state index contributed by atoms with van der Waals surface area (Å²) in [4.78, 5) is 4.77. The molecule has 1 saturated carbocycles. The number of pyridine rings is 1. The van der Waals surface area contributed by atoms with Gasteiger partial charge in [-0.05, 0) is 36.8 Å². The van der Waals surface area contributed by atoms with Crippen molar-refractivity contribution >= 4 is 23.0 Å². The van der Waals surface area contributed by atoms with Crippen molar-refractivity contribution in [2.24, 2.45) is 17.6 Å². The molecule has 0 bridgehead atoms. The van der Waals surface area contributed by atoms with Gasteiger partial charge in [0.15, 0.2) is 0 Å². The summed E-state index contributed by atoms with van der Waals surface area (Å²) < 4.78 is 0. The summed E-state index contributed by atoms with van der Waals surface area (Å²) in [6.45, 7) is 4.61. The van der Waals surface area contributed by atoms with Crippen LogP contribution in [0.5, 0.6) is 0 Å². The zero-order chi connectivity index (χ0) is 13.1. The van der Waals surface area contributed by atoms with Crippen LogP contribution in [-0.4, -0.2) is 16.0 Å². The molecule has 1 aromatic heterocycles. The quantitative estimate of drug-likeness (QED) is 0.820. The van der Waals surface area contributed by atoms with Crippen molar-refractivity contribution in [2.75, 3.05) is 5.32 Å². The maximum absolute atomic E-state index is 5.56. The molecular weight excluding hydrogens is 242 g/mol. The van der Waals surface area contributed by atoms with Gasteiger partial charge in [-0.2, -0.15) is 0 Å². The second kappa shape index (κ2) is 5.65. The molecule has 1 fully saturated rings. The number of rotatable bonds is 4. The van der Waals surface area contributed by atoms with E-state index in [0.29, 0.717) is 16.9 Å². The predicted molar refractivity (Wildman–Crippen MR) is 79.7 cm³/mol. The first kappa shape index (κ1) is 13.3. The van der Waals surface area contributed by atoms with Crippen molar-refractivity contribution < 1.29 is 0 Å². The monoisotopic (exact) mass is 263 g/mol. The van der Waals surface area contributed by atoms with E-state index in [9.17, 15) is 0 Å². The fraction of sp³-hybridized carbons (Fsp3) is 0.571. The van der Waals surface area contributed by atoms with E-state index in [1.54, 1.807) is 6.20 Å². The Bertz CT molecular complexity index is 416. The standard InChI is InChI=1S/C14H21N3S/c1-3-10-4-6-12(9(10)2)17-13-7-5-11(8-16-13)14(15)18/h5,7-10,12H,3-4,6H2,1-2H3,(H2,15,18)(H,16,17). The Hall–Kier alpha value is -1.16. The minimum atomic E-state index is 0.398. The number of nitrogens with two attached hydrogens (primary N) is 1. The van der Waals surface area contributed by atoms with E-state index >= 15 is 0 Å². The molecule has 1 aliphatic rings. The Balaban J connectivity index is 2.00. The first-order valence-corrected chi connectivity index (χ1v) is 7.05. The molecule has 0 aromatic carbocycles. The zero-order valence-electron chi connectivity index (χ0n) is 11.0. The number of hydrogen-bond acceptors (Lipinski definition) is 3. The lowest BCUT2D eigenvalue weighted by molar-refractivity contribution is 0.391. The van der Waals surface area contributed by atoms with E-state index in [2.05, 4.69) is 24.1 Å². The third-order valence-corrected chi connectivity index (χ3v) is 4.37. The van der Waals surface area contributed by atoms with Gasteiger partial charge in [0.05, 0.1) is 0 Å². The van der Waals surface area contributed by atoms with Gasteiger partial charge in [-0.1, -0.05) is 32.5 Å². The molecule has 0 radical (unpaired) electrons. The van der Waals surface area contributed by atoms with Crippen molar-refractivity contribution in [3.63, 3.8) is 0 Å². The van der Waals surface area contributed by atoms with Crippen LogP contribution < -0.4 is 11.1 Å². The normalized spacial score (nSPS) is 27.1. The molecule has 4 heteroatoms. The van der Waals surface area contributed by atoms with Gasteiger partial charge < -0.3 is 11.1 Å². The van der Waals surface area contributed by atoms with E-state index < -0.39 is 0 Å². The number of nitrogens with one attached hydrogen (secondary N) is 1. The molecule has 1 aromatic rings. The number of anilines is 1. The lowest BCUT2D eigenvalue weighted by atomic mass is 9.93. The molecule has 3 atom stereocenters. The van der Waals surface area contributed by atoms with Gasteiger partial charge in [0.1, 0.15) is 10.8 Å². The Morgan fingerprint density at radius 2 is 2.28 bits per heavy atom. The Morgan fingerprint density at radius 1 is 1.50 bits per heavy atom. The number of hydrogen-bond donors (Lipinski definition) is 2. The SMILES string of the molecule is CCC1CCC(Nc2ccc(C(N)=S)cn2)C1C. The largest absolute Gasteiger partial charge is 0.389 e. The van der Waals surface area contributed by atoms with Crippen molar-refractivity contribution in [3.05, 3.63) is 23.9 Å². The minimum absolute atomic E-state index is 0.398. The third-order valence-electron chi connectivity index (χ3n) is 4.13. The minimum Gasteiger partial charge on any atom is -0.389 e. The number of aromatic nitrogens is 1. The zero-order valence-corrected chi connectivity index (χ0v) is 11.8. The van der Waals surface area contributed by atoms with E-state index in [1.807, 2.05) is 12.1 Å². The molecule has 0 amide bonds. The molecule has 0 spiro atoms. The summed E-state index contributed by atoms with van der Waals surface area (Å²) >= 11 is 4.92. The van der Waals surface area contributed by atoms with Crippen LogP contribution in [0, 0.1) is 11.8 Å². The molecule has 3 N–H and O–H groups in total. The third kappa shape index (κ3) is 2.80. The average Bonchev–Trinajstić information content (AvgIpc) is 2.71. The van der Waals surface area contributed by atoms with Gasteiger partial charge in [0.25, 0.3) is 0 Å². The number of thiocarbonyl (C=S) groups is 1. The molecule has 3 unspecified atom stereocenters. The first-order valence-electron chi connectivity index (χ1n) is 6.64. The fourth-order valence-corrected chi connectivity index (χ4v) is 2.96. The highest BCUT2D eigenvalue weighted by molar-refractivity contribution is 7.80. The van der Waals surface area contributed by atoms with Crippen LogP contribution in [-0.2, 0) is 0 Å². The van der Waals surface area contributed by atoms with Crippen LogP contribution in [0.2, 0.25) is 0 Å². The van der Waals surface area contributed by atoms with Crippen LogP contribution in [0.15, 0.2) is 18.3 Å². The van der Waals surface area contributed by atoms with Gasteiger partial charge in [-0.15, -0.1) is 0 Å². The van der Waals surface area contributed by atoms with Gasteiger partial charge in [0, 0.05) is 17.8 Å². The van der Waals surface area contributed by atoms with Gasteiger partial charge >= 0.3 is 0 Å². The summed E-state index contributed by atoms with van der Waals surface area (Å²) in [7, 11) is 0. The summed E-state index contributed by atoms with van der Waals surface area (Å²) in [6, 6.07) is 4.42. The molecule has 1 heterocycles. The van der Waals surface area contributed by atoms with E-state index in [4.69, 9.17) is 18.0 Å². The van der Waals surface area contributed by atoms with Crippen LogP contribution in [0.1, 0.15) is 38.7 Å².